The summed E-state index contributed by atoms with van der Waals surface area (Å²) in [5.74, 6) is 4.97. The van der Waals surface area contributed by atoms with E-state index in [0.29, 0.717) is 25.8 Å². The van der Waals surface area contributed by atoms with Crippen LogP contribution < -0.4 is 20.1 Å². The lowest BCUT2D eigenvalue weighted by Gasteiger charge is -2.32. The Labute approximate surface area is 148 Å². The van der Waals surface area contributed by atoms with Gasteiger partial charge in [-0.15, -0.1) is 0 Å². The van der Waals surface area contributed by atoms with E-state index >= 15 is 0 Å². The lowest BCUT2D eigenvalue weighted by atomic mass is 9.79. The van der Waals surface area contributed by atoms with Crippen molar-refractivity contribution in [2.75, 3.05) is 13.2 Å². The normalized spacial score (nSPS) is 34.6. The summed E-state index contributed by atoms with van der Waals surface area (Å²) in [6, 6.07) is 6.19. The van der Waals surface area contributed by atoms with E-state index in [0.717, 1.165) is 40.7 Å². The van der Waals surface area contributed by atoms with Crippen LogP contribution in [0.1, 0.15) is 37.7 Å². The van der Waals surface area contributed by atoms with Gasteiger partial charge >= 0.3 is 6.03 Å². The Morgan fingerprint density at radius 2 is 1.88 bits per heavy atom. The molecule has 25 heavy (non-hydrogen) atoms. The van der Waals surface area contributed by atoms with Crippen LogP contribution in [0.4, 0.5) is 4.79 Å². The van der Waals surface area contributed by atoms with E-state index in [1.54, 1.807) is 0 Å². The molecule has 1 aliphatic heterocycles. The van der Waals surface area contributed by atoms with E-state index < -0.39 is 0 Å². The Morgan fingerprint density at radius 3 is 2.80 bits per heavy atom. The second-order valence-electron chi connectivity index (χ2n) is 8.07. The van der Waals surface area contributed by atoms with E-state index in [-0.39, 0.29) is 6.03 Å². The van der Waals surface area contributed by atoms with Crippen molar-refractivity contribution in [3.63, 3.8) is 0 Å². The fraction of sp³-hybridized carbons (Fsp3) is 0.650. The molecule has 5 nitrogen and oxygen atoms in total. The highest BCUT2D eigenvalue weighted by Gasteiger charge is 2.54. The molecule has 0 radical (unpaired) electrons. The van der Waals surface area contributed by atoms with Gasteiger partial charge < -0.3 is 20.1 Å². The molecule has 0 aromatic heterocycles. The van der Waals surface area contributed by atoms with Crippen LogP contribution in [0.5, 0.6) is 11.5 Å². The van der Waals surface area contributed by atoms with E-state index in [4.69, 9.17) is 9.47 Å². The number of fused-ring (bicyclic) bond motifs is 6. The molecule has 5 rings (SSSR count). The van der Waals surface area contributed by atoms with Crippen LogP contribution in [0.3, 0.4) is 0 Å². The topological polar surface area (TPSA) is 59.6 Å². The summed E-state index contributed by atoms with van der Waals surface area (Å²) in [6.07, 6.45) is 6.72. The highest BCUT2D eigenvalue weighted by atomic mass is 16.6. The van der Waals surface area contributed by atoms with Gasteiger partial charge in [-0.3, -0.25) is 0 Å². The predicted molar refractivity (Wildman–Crippen MR) is 93.6 cm³/mol. The largest absolute Gasteiger partial charge is 0.486 e. The van der Waals surface area contributed by atoms with Crippen LogP contribution >= 0.6 is 0 Å². The number of carbonyl (C=O) groups is 1. The van der Waals surface area contributed by atoms with Gasteiger partial charge in [0.15, 0.2) is 11.5 Å². The van der Waals surface area contributed by atoms with Gasteiger partial charge in [-0.05, 0) is 67.1 Å². The molecule has 3 aliphatic carbocycles. The fourth-order valence-electron chi connectivity index (χ4n) is 5.83. The molecule has 3 saturated carbocycles. The SMILES string of the molecule is O=C(NCc1ccc2c(c1)OCCO2)N[C@@H]1C[C@H]2C[C@H]1[C@@H]1CCC[C@H]21. The van der Waals surface area contributed by atoms with Gasteiger partial charge in [0.05, 0.1) is 0 Å². The van der Waals surface area contributed by atoms with Crippen molar-refractivity contribution in [2.24, 2.45) is 23.7 Å². The molecule has 4 aliphatic rings. The standard InChI is InChI=1S/C20H26N2O3/c23-20(21-11-12-4-5-18-19(8-12)25-7-6-24-18)22-17-10-13-9-16(17)15-3-1-2-14(13)15/h4-5,8,13-17H,1-3,6-7,9-11H2,(H2,21,22,23)/t13-,14-,15-,16+,17-/m1/s1. The summed E-state index contributed by atoms with van der Waals surface area (Å²) in [6.45, 7) is 1.69. The minimum atomic E-state index is -0.0398. The first-order chi connectivity index (χ1) is 12.3. The first-order valence-electron chi connectivity index (χ1n) is 9.71. The first kappa shape index (κ1) is 15.4. The predicted octanol–water partition coefficient (Wildman–Crippen LogP) is 3.08. The van der Waals surface area contributed by atoms with Crippen LogP contribution in [-0.4, -0.2) is 25.3 Å². The lowest BCUT2D eigenvalue weighted by molar-refractivity contribution is 0.171. The van der Waals surface area contributed by atoms with E-state index in [1.165, 1.54) is 32.1 Å². The van der Waals surface area contributed by atoms with Crippen LogP contribution in [0.15, 0.2) is 18.2 Å². The zero-order chi connectivity index (χ0) is 16.8. The molecule has 5 atom stereocenters. The number of carbonyl (C=O) groups excluding carboxylic acids is 1. The first-order valence-corrected chi connectivity index (χ1v) is 9.71. The van der Waals surface area contributed by atoms with Crippen LogP contribution in [0.25, 0.3) is 0 Å². The third kappa shape index (κ3) is 2.74. The van der Waals surface area contributed by atoms with Gasteiger partial charge in [0, 0.05) is 12.6 Å². The zero-order valence-corrected chi connectivity index (χ0v) is 14.5. The molecular formula is C20H26N2O3. The Balaban J connectivity index is 1.15. The van der Waals surface area contributed by atoms with Crippen molar-refractivity contribution in [1.82, 2.24) is 10.6 Å². The van der Waals surface area contributed by atoms with Gasteiger partial charge in [-0.25, -0.2) is 4.79 Å². The number of urea groups is 1. The third-order valence-corrected chi connectivity index (χ3v) is 6.80. The molecule has 5 heteroatoms. The molecule has 134 valence electrons. The molecule has 1 aromatic rings. The summed E-state index contributed by atoms with van der Waals surface area (Å²) in [5, 5.41) is 6.25. The number of benzene rings is 1. The number of hydrogen-bond acceptors (Lipinski definition) is 3. The Hall–Kier alpha value is -1.91. The van der Waals surface area contributed by atoms with Crippen molar-refractivity contribution in [3.8, 4) is 11.5 Å². The molecule has 1 aromatic carbocycles. The van der Waals surface area contributed by atoms with Crippen LogP contribution in [0, 0.1) is 23.7 Å². The second-order valence-corrected chi connectivity index (χ2v) is 8.07. The molecule has 3 fully saturated rings. The van der Waals surface area contributed by atoms with Gasteiger partial charge in [0.1, 0.15) is 13.2 Å². The smallest absolute Gasteiger partial charge is 0.315 e. The lowest BCUT2D eigenvalue weighted by Crippen LogP contribution is -2.46. The van der Waals surface area contributed by atoms with Crippen molar-refractivity contribution >= 4 is 6.03 Å². The van der Waals surface area contributed by atoms with Gasteiger partial charge in [-0.2, -0.15) is 0 Å². The van der Waals surface area contributed by atoms with Crippen LogP contribution in [0.2, 0.25) is 0 Å². The van der Waals surface area contributed by atoms with Crippen molar-refractivity contribution in [2.45, 2.75) is 44.7 Å². The number of hydrogen-bond donors (Lipinski definition) is 2. The molecule has 0 spiro atoms. The van der Waals surface area contributed by atoms with Crippen molar-refractivity contribution < 1.29 is 14.3 Å². The average Bonchev–Trinajstić information content (AvgIpc) is 3.33. The molecule has 2 amide bonds. The summed E-state index contributed by atoms with van der Waals surface area (Å²) in [5.41, 5.74) is 1.03. The number of nitrogens with one attached hydrogen (secondary N) is 2. The van der Waals surface area contributed by atoms with Crippen molar-refractivity contribution in [3.05, 3.63) is 23.8 Å². The quantitative estimate of drug-likeness (QED) is 0.887. The number of amides is 2. The zero-order valence-electron chi connectivity index (χ0n) is 14.5. The third-order valence-electron chi connectivity index (χ3n) is 6.80. The molecule has 1 heterocycles. The van der Waals surface area contributed by atoms with E-state index in [1.807, 2.05) is 18.2 Å². The molecule has 0 unspecified atom stereocenters. The second kappa shape index (κ2) is 6.11. The minimum Gasteiger partial charge on any atom is -0.486 e. The summed E-state index contributed by atoms with van der Waals surface area (Å²) in [4.78, 5) is 12.4. The van der Waals surface area contributed by atoms with Gasteiger partial charge in [0.25, 0.3) is 0 Å². The average molecular weight is 342 g/mol. The van der Waals surface area contributed by atoms with Gasteiger partial charge in [-0.1, -0.05) is 12.5 Å². The maximum Gasteiger partial charge on any atom is 0.315 e. The number of ether oxygens (including phenoxy) is 2. The molecular weight excluding hydrogens is 316 g/mol. The van der Waals surface area contributed by atoms with Crippen LogP contribution in [-0.2, 0) is 6.54 Å². The molecule has 0 saturated heterocycles. The summed E-state index contributed by atoms with van der Waals surface area (Å²) < 4.78 is 11.1. The summed E-state index contributed by atoms with van der Waals surface area (Å²) in [7, 11) is 0. The maximum atomic E-state index is 12.4. The Kier molecular flexibility index (Phi) is 3.75. The molecule has 2 N–H and O–H groups in total. The van der Waals surface area contributed by atoms with E-state index in [9.17, 15) is 4.79 Å². The highest BCUT2D eigenvalue weighted by molar-refractivity contribution is 5.74. The molecule has 2 bridgehead atoms. The monoisotopic (exact) mass is 342 g/mol. The van der Waals surface area contributed by atoms with Gasteiger partial charge in [0.2, 0.25) is 0 Å². The minimum absolute atomic E-state index is 0.0398. The fourth-order valence-corrected chi connectivity index (χ4v) is 5.83. The maximum absolute atomic E-state index is 12.4. The summed E-state index contributed by atoms with van der Waals surface area (Å²) >= 11 is 0. The number of rotatable bonds is 3. The highest BCUT2D eigenvalue weighted by Crippen LogP contribution is 2.58. The van der Waals surface area contributed by atoms with E-state index in [2.05, 4.69) is 10.6 Å². The van der Waals surface area contributed by atoms with Crippen molar-refractivity contribution in [1.29, 1.82) is 0 Å². The Morgan fingerprint density at radius 1 is 1.04 bits per heavy atom. The Bertz CT molecular complexity index is 677.